The maximum absolute atomic E-state index is 13.4. The fourth-order valence-electron chi connectivity index (χ4n) is 1.33. The summed E-state index contributed by atoms with van der Waals surface area (Å²) in [5.41, 5.74) is 7.28. The SMILES string of the molecule is COc1ccc(/C(C)=C/CCN)cc1F. The summed E-state index contributed by atoms with van der Waals surface area (Å²) in [7, 11) is 1.45. The molecule has 0 aromatic heterocycles. The summed E-state index contributed by atoms with van der Waals surface area (Å²) in [5, 5.41) is 0. The lowest BCUT2D eigenvalue weighted by molar-refractivity contribution is 0.386. The van der Waals surface area contributed by atoms with Gasteiger partial charge < -0.3 is 10.5 Å². The molecule has 0 bridgehead atoms. The Labute approximate surface area is 89.6 Å². The Balaban J connectivity index is 2.92. The number of methoxy groups -OCH3 is 1. The molecule has 0 aliphatic carbocycles. The minimum Gasteiger partial charge on any atom is -0.494 e. The van der Waals surface area contributed by atoms with Gasteiger partial charge in [0, 0.05) is 0 Å². The molecule has 2 nitrogen and oxygen atoms in total. The van der Waals surface area contributed by atoms with E-state index in [2.05, 4.69) is 0 Å². The number of benzene rings is 1. The van der Waals surface area contributed by atoms with Crippen LogP contribution in [-0.4, -0.2) is 13.7 Å². The van der Waals surface area contributed by atoms with Crippen LogP contribution in [0.5, 0.6) is 5.75 Å². The summed E-state index contributed by atoms with van der Waals surface area (Å²) in [6, 6.07) is 4.94. The molecular formula is C12H16FNO. The molecule has 0 saturated carbocycles. The van der Waals surface area contributed by atoms with E-state index >= 15 is 0 Å². The van der Waals surface area contributed by atoms with Crippen molar-refractivity contribution in [3.8, 4) is 5.75 Å². The second-order valence-corrected chi connectivity index (χ2v) is 3.31. The van der Waals surface area contributed by atoms with E-state index < -0.39 is 0 Å². The molecule has 3 heteroatoms. The number of rotatable bonds is 4. The van der Waals surface area contributed by atoms with Gasteiger partial charge in [-0.3, -0.25) is 0 Å². The van der Waals surface area contributed by atoms with Crippen molar-refractivity contribution in [1.82, 2.24) is 0 Å². The molecule has 0 unspecified atom stereocenters. The molecule has 0 saturated heterocycles. The van der Waals surface area contributed by atoms with Gasteiger partial charge in [-0.25, -0.2) is 4.39 Å². The molecule has 82 valence electrons. The van der Waals surface area contributed by atoms with E-state index in [9.17, 15) is 4.39 Å². The molecule has 15 heavy (non-hydrogen) atoms. The van der Waals surface area contributed by atoms with Gasteiger partial charge >= 0.3 is 0 Å². The van der Waals surface area contributed by atoms with Crippen LogP contribution in [-0.2, 0) is 0 Å². The van der Waals surface area contributed by atoms with Crippen molar-refractivity contribution in [2.75, 3.05) is 13.7 Å². The number of hydrogen-bond acceptors (Lipinski definition) is 2. The van der Waals surface area contributed by atoms with Crippen LogP contribution in [0.1, 0.15) is 18.9 Å². The Morgan fingerprint density at radius 1 is 1.53 bits per heavy atom. The maximum Gasteiger partial charge on any atom is 0.165 e. The van der Waals surface area contributed by atoms with Crippen molar-refractivity contribution >= 4 is 5.57 Å². The highest BCUT2D eigenvalue weighted by Gasteiger charge is 2.03. The van der Waals surface area contributed by atoms with Crippen LogP contribution < -0.4 is 10.5 Å². The van der Waals surface area contributed by atoms with E-state index in [1.165, 1.54) is 13.2 Å². The zero-order chi connectivity index (χ0) is 11.3. The average Bonchev–Trinajstić information content (AvgIpc) is 2.25. The summed E-state index contributed by atoms with van der Waals surface area (Å²) < 4.78 is 18.2. The molecule has 1 aromatic rings. The summed E-state index contributed by atoms with van der Waals surface area (Å²) in [6.45, 7) is 2.55. The van der Waals surface area contributed by atoms with Crippen LogP contribution in [0.3, 0.4) is 0 Å². The number of ether oxygens (including phenoxy) is 1. The molecule has 0 amide bonds. The smallest absolute Gasteiger partial charge is 0.165 e. The van der Waals surface area contributed by atoms with E-state index in [1.54, 1.807) is 6.07 Å². The molecule has 0 aliphatic rings. The molecule has 0 spiro atoms. The Morgan fingerprint density at radius 2 is 2.27 bits per heavy atom. The van der Waals surface area contributed by atoms with Gasteiger partial charge in [0.1, 0.15) is 0 Å². The number of allylic oxidation sites excluding steroid dienone is 1. The first-order chi connectivity index (χ1) is 7.19. The standard InChI is InChI=1S/C12H16FNO/c1-9(4-3-7-14)10-5-6-12(15-2)11(13)8-10/h4-6,8H,3,7,14H2,1-2H3/b9-4+. The quantitative estimate of drug-likeness (QED) is 0.827. The minimum atomic E-state index is -0.338. The fraction of sp³-hybridized carbons (Fsp3) is 0.333. The summed E-state index contributed by atoms with van der Waals surface area (Å²) in [6.07, 6.45) is 2.81. The van der Waals surface area contributed by atoms with Gasteiger partial charge in [-0.15, -0.1) is 0 Å². The van der Waals surface area contributed by atoms with Crippen LogP contribution >= 0.6 is 0 Å². The maximum atomic E-state index is 13.4. The number of hydrogen-bond donors (Lipinski definition) is 1. The molecule has 0 heterocycles. The van der Waals surface area contributed by atoms with Gasteiger partial charge in [-0.05, 0) is 43.2 Å². The molecule has 0 fully saturated rings. The first-order valence-corrected chi connectivity index (χ1v) is 4.89. The van der Waals surface area contributed by atoms with Crippen molar-refractivity contribution < 1.29 is 9.13 Å². The van der Waals surface area contributed by atoms with Gasteiger partial charge in [0.15, 0.2) is 11.6 Å². The largest absolute Gasteiger partial charge is 0.494 e. The van der Waals surface area contributed by atoms with Crippen molar-refractivity contribution in [3.05, 3.63) is 35.7 Å². The summed E-state index contributed by atoms with van der Waals surface area (Å²) >= 11 is 0. The van der Waals surface area contributed by atoms with Crippen LogP contribution in [0.2, 0.25) is 0 Å². The zero-order valence-electron chi connectivity index (χ0n) is 9.09. The Hall–Kier alpha value is -1.35. The monoisotopic (exact) mass is 209 g/mol. The lowest BCUT2D eigenvalue weighted by Crippen LogP contribution is -1.96. The second-order valence-electron chi connectivity index (χ2n) is 3.31. The number of halogens is 1. The van der Waals surface area contributed by atoms with Gasteiger partial charge in [-0.1, -0.05) is 12.1 Å². The highest BCUT2D eigenvalue weighted by molar-refractivity contribution is 5.64. The normalized spacial score (nSPS) is 11.6. The van der Waals surface area contributed by atoms with Crippen molar-refractivity contribution in [1.29, 1.82) is 0 Å². The lowest BCUT2D eigenvalue weighted by Gasteiger charge is -2.05. The third-order valence-corrected chi connectivity index (χ3v) is 2.22. The molecule has 1 rings (SSSR count). The lowest BCUT2D eigenvalue weighted by atomic mass is 10.1. The van der Waals surface area contributed by atoms with Gasteiger partial charge in [0.2, 0.25) is 0 Å². The van der Waals surface area contributed by atoms with Crippen molar-refractivity contribution in [3.63, 3.8) is 0 Å². The fourth-order valence-corrected chi connectivity index (χ4v) is 1.33. The Kier molecular flexibility index (Phi) is 4.31. The Morgan fingerprint density at radius 3 is 2.80 bits per heavy atom. The van der Waals surface area contributed by atoms with Gasteiger partial charge in [0.25, 0.3) is 0 Å². The first-order valence-electron chi connectivity index (χ1n) is 4.89. The average molecular weight is 209 g/mol. The van der Waals surface area contributed by atoms with E-state index in [-0.39, 0.29) is 11.6 Å². The van der Waals surface area contributed by atoms with E-state index in [0.717, 1.165) is 17.6 Å². The molecule has 2 N–H and O–H groups in total. The van der Waals surface area contributed by atoms with Gasteiger partial charge in [-0.2, -0.15) is 0 Å². The topological polar surface area (TPSA) is 35.2 Å². The second kappa shape index (κ2) is 5.51. The number of nitrogens with two attached hydrogens (primary N) is 1. The molecule has 0 aliphatic heterocycles. The van der Waals surface area contributed by atoms with Crippen molar-refractivity contribution in [2.45, 2.75) is 13.3 Å². The van der Waals surface area contributed by atoms with E-state index in [1.807, 2.05) is 19.1 Å². The van der Waals surface area contributed by atoms with Gasteiger partial charge in [0.05, 0.1) is 7.11 Å². The van der Waals surface area contributed by atoms with Crippen LogP contribution in [0.25, 0.3) is 5.57 Å². The highest BCUT2D eigenvalue weighted by atomic mass is 19.1. The molecule has 0 radical (unpaired) electrons. The third kappa shape index (κ3) is 3.06. The summed E-state index contributed by atoms with van der Waals surface area (Å²) in [5.74, 6) is -0.0686. The van der Waals surface area contributed by atoms with E-state index in [0.29, 0.717) is 6.54 Å². The van der Waals surface area contributed by atoms with Crippen LogP contribution in [0, 0.1) is 5.82 Å². The third-order valence-electron chi connectivity index (χ3n) is 2.22. The highest BCUT2D eigenvalue weighted by Crippen LogP contribution is 2.22. The minimum absolute atomic E-state index is 0.269. The molecule has 0 atom stereocenters. The van der Waals surface area contributed by atoms with Crippen LogP contribution in [0.4, 0.5) is 4.39 Å². The molecular weight excluding hydrogens is 193 g/mol. The summed E-state index contributed by atoms with van der Waals surface area (Å²) in [4.78, 5) is 0. The predicted molar refractivity (Wildman–Crippen MR) is 60.3 cm³/mol. The predicted octanol–water partition coefficient (Wildman–Crippen LogP) is 2.59. The van der Waals surface area contributed by atoms with Crippen molar-refractivity contribution in [2.24, 2.45) is 5.73 Å². The van der Waals surface area contributed by atoms with E-state index in [4.69, 9.17) is 10.5 Å². The zero-order valence-corrected chi connectivity index (χ0v) is 9.09. The molecule has 1 aromatic carbocycles. The van der Waals surface area contributed by atoms with Crippen LogP contribution in [0.15, 0.2) is 24.3 Å². The first kappa shape index (κ1) is 11.7. The Bertz CT molecular complexity index is 361.